The first kappa shape index (κ1) is 12.4. The summed E-state index contributed by atoms with van der Waals surface area (Å²) in [5, 5.41) is 3.07. The van der Waals surface area contributed by atoms with E-state index in [-0.39, 0.29) is 12.1 Å². The lowest BCUT2D eigenvalue weighted by Gasteiger charge is -2.18. The maximum atomic E-state index is 12.6. The number of hydrogen-bond donors (Lipinski definition) is 1. The van der Waals surface area contributed by atoms with Gasteiger partial charge in [0.05, 0.1) is 17.7 Å². The van der Waals surface area contributed by atoms with Gasteiger partial charge in [-0.05, 0) is 30.3 Å². The molecule has 1 aromatic carbocycles. The van der Waals surface area contributed by atoms with Crippen molar-refractivity contribution >= 4 is 0 Å². The highest BCUT2D eigenvalue weighted by Crippen LogP contribution is 2.37. The van der Waals surface area contributed by atoms with E-state index in [2.05, 4.69) is 5.32 Å². The highest BCUT2D eigenvalue weighted by molar-refractivity contribution is 5.40. The van der Waals surface area contributed by atoms with Gasteiger partial charge in [-0.3, -0.25) is 0 Å². The van der Waals surface area contributed by atoms with Crippen LogP contribution in [0.1, 0.15) is 22.7 Å². The number of likely N-dealkylation sites (N-methyl/N-ethyl adjacent to an activating group) is 1. The third kappa shape index (κ3) is 2.17. The quantitative estimate of drug-likeness (QED) is 0.864. The number of rotatable bonds is 2. The summed E-state index contributed by atoms with van der Waals surface area (Å²) in [4.78, 5) is 0. The van der Waals surface area contributed by atoms with E-state index in [1.165, 1.54) is 6.07 Å². The molecule has 2 rings (SSSR count). The predicted octanol–water partition coefficient (Wildman–Crippen LogP) is 2.54. The van der Waals surface area contributed by atoms with Gasteiger partial charge in [0, 0.05) is 13.5 Å². The number of nitrogens with one attached hydrogen (secondary N) is 1. The van der Waals surface area contributed by atoms with Crippen LogP contribution in [0.2, 0.25) is 0 Å². The summed E-state index contributed by atoms with van der Waals surface area (Å²) in [6.07, 6.45) is -3.87. The highest BCUT2D eigenvalue weighted by atomic mass is 19.4. The fourth-order valence-corrected chi connectivity index (χ4v) is 2.36. The normalized spacial score (nSPS) is 23.8. The minimum atomic E-state index is -4.28. The second-order valence-corrected chi connectivity index (χ2v) is 4.16. The van der Waals surface area contributed by atoms with E-state index in [0.717, 1.165) is 11.6 Å². The van der Waals surface area contributed by atoms with Gasteiger partial charge in [-0.1, -0.05) is 6.07 Å². The van der Waals surface area contributed by atoms with Gasteiger partial charge in [0.25, 0.3) is 0 Å². The van der Waals surface area contributed by atoms with Crippen LogP contribution in [-0.4, -0.2) is 20.3 Å². The summed E-state index contributed by atoms with van der Waals surface area (Å²) in [5.74, 6) is 0. The lowest BCUT2D eigenvalue weighted by molar-refractivity contribution is -0.137. The molecule has 1 aliphatic rings. The number of methoxy groups -OCH3 is 1. The van der Waals surface area contributed by atoms with Crippen LogP contribution in [0.5, 0.6) is 0 Å². The molecule has 0 heterocycles. The summed E-state index contributed by atoms with van der Waals surface area (Å²) < 4.78 is 43.0. The van der Waals surface area contributed by atoms with Crippen molar-refractivity contribution in [3.63, 3.8) is 0 Å². The van der Waals surface area contributed by atoms with E-state index in [1.807, 2.05) is 0 Å². The van der Waals surface area contributed by atoms with Crippen molar-refractivity contribution < 1.29 is 17.9 Å². The fourth-order valence-electron chi connectivity index (χ4n) is 2.36. The molecule has 5 heteroatoms. The van der Waals surface area contributed by atoms with E-state index < -0.39 is 11.7 Å². The zero-order chi connectivity index (χ0) is 12.6. The van der Waals surface area contributed by atoms with Crippen molar-refractivity contribution in [2.45, 2.75) is 24.7 Å². The summed E-state index contributed by atoms with van der Waals surface area (Å²) in [5.41, 5.74) is 1.02. The molecule has 0 amide bonds. The van der Waals surface area contributed by atoms with Crippen molar-refractivity contribution in [1.82, 2.24) is 5.32 Å². The molecular formula is C12H14F3NO. The highest BCUT2D eigenvalue weighted by Gasteiger charge is 2.35. The molecule has 0 saturated heterocycles. The second kappa shape index (κ2) is 4.31. The first-order valence-electron chi connectivity index (χ1n) is 5.37. The van der Waals surface area contributed by atoms with Crippen LogP contribution < -0.4 is 5.32 Å². The van der Waals surface area contributed by atoms with Gasteiger partial charge in [-0.2, -0.15) is 13.2 Å². The largest absolute Gasteiger partial charge is 0.416 e. The number of fused-ring (bicyclic) bond motifs is 1. The third-order valence-electron chi connectivity index (χ3n) is 3.21. The molecule has 0 spiro atoms. The molecule has 1 aliphatic carbocycles. The summed E-state index contributed by atoms with van der Waals surface area (Å²) in [7, 11) is 3.36. The Bertz CT molecular complexity index is 417. The van der Waals surface area contributed by atoms with Crippen molar-refractivity contribution in [3.8, 4) is 0 Å². The molecule has 0 unspecified atom stereocenters. The Kier molecular flexibility index (Phi) is 3.14. The van der Waals surface area contributed by atoms with Gasteiger partial charge in [0.2, 0.25) is 0 Å². The standard InChI is InChI=1S/C12H14F3NO/c1-16-11-9-4-3-8(12(13,14)15)5-7(9)6-10(11)17-2/h3-5,10-11,16H,6H2,1-2H3/t10-,11+/m1/s1. The minimum Gasteiger partial charge on any atom is -0.379 e. The van der Waals surface area contributed by atoms with E-state index in [4.69, 9.17) is 4.74 Å². The van der Waals surface area contributed by atoms with Crippen molar-refractivity contribution in [1.29, 1.82) is 0 Å². The number of ether oxygens (including phenoxy) is 1. The van der Waals surface area contributed by atoms with Crippen LogP contribution in [0.25, 0.3) is 0 Å². The Morgan fingerprint density at radius 2 is 2.06 bits per heavy atom. The Hall–Kier alpha value is -1.07. The average molecular weight is 245 g/mol. The average Bonchev–Trinajstić information content (AvgIpc) is 2.64. The van der Waals surface area contributed by atoms with Crippen molar-refractivity contribution in [2.24, 2.45) is 0 Å². The molecule has 1 N–H and O–H groups in total. The molecule has 94 valence electrons. The topological polar surface area (TPSA) is 21.3 Å². The molecule has 0 fully saturated rings. The zero-order valence-electron chi connectivity index (χ0n) is 9.64. The van der Waals surface area contributed by atoms with Crippen LogP contribution in [-0.2, 0) is 17.3 Å². The summed E-state index contributed by atoms with van der Waals surface area (Å²) >= 11 is 0. The third-order valence-corrected chi connectivity index (χ3v) is 3.21. The van der Waals surface area contributed by atoms with Gasteiger partial charge in [-0.25, -0.2) is 0 Å². The molecule has 17 heavy (non-hydrogen) atoms. The van der Waals surface area contributed by atoms with E-state index >= 15 is 0 Å². The molecule has 1 aromatic rings. The first-order valence-corrected chi connectivity index (χ1v) is 5.37. The van der Waals surface area contributed by atoms with E-state index in [0.29, 0.717) is 12.0 Å². The Balaban J connectivity index is 2.38. The van der Waals surface area contributed by atoms with Gasteiger partial charge in [0.1, 0.15) is 0 Å². The molecule has 0 aliphatic heterocycles. The van der Waals surface area contributed by atoms with Gasteiger partial charge >= 0.3 is 6.18 Å². The molecule has 0 saturated carbocycles. The molecule has 2 nitrogen and oxygen atoms in total. The Labute approximate surface area is 97.8 Å². The fraction of sp³-hybridized carbons (Fsp3) is 0.500. The number of halogens is 3. The number of hydrogen-bond acceptors (Lipinski definition) is 2. The zero-order valence-corrected chi connectivity index (χ0v) is 9.64. The van der Waals surface area contributed by atoms with Crippen molar-refractivity contribution in [3.05, 3.63) is 34.9 Å². The van der Waals surface area contributed by atoms with Crippen LogP contribution in [0, 0.1) is 0 Å². The number of alkyl halides is 3. The van der Waals surface area contributed by atoms with Gasteiger partial charge in [0.15, 0.2) is 0 Å². The molecule has 0 aromatic heterocycles. The minimum absolute atomic E-state index is 0.0303. The SMILES string of the molecule is CN[C@H]1c2ccc(C(F)(F)F)cc2C[C@H]1OC. The van der Waals surface area contributed by atoms with Crippen LogP contribution in [0.3, 0.4) is 0 Å². The molecule has 0 radical (unpaired) electrons. The predicted molar refractivity (Wildman–Crippen MR) is 57.7 cm³/mol. The van der Waals surface area contributed by atoms with Gasteiger partial charge in [-0.15, -0.1) is 0 Å². The number of benzene rings is 1. The lowest BCUT2D eigenvalue weighted by Crippen LogP contribution is -2.27. The first-order chi connectivity index (χ1) is 7.97. The summed E-state index contributed by atoms with van der Waals surface area (Å²) in [6, 6.07) is 3.86. The van der Waals surface area contributed by atoms with Gasteiger partial charge < -0.3 is 10.1 Å². The van der Waals surface area contributed by atoms with Crippen LogP contribution >= 0.6 is 0 Å². The van der Waals surface area contributed by atoms with Crippen LogP contribution in [0.15, 0.2) is 18.2 Å². The molecule has 0 bridgehead atoms. The van der Waals surface area contributed by atoms with Crippen molar-refractivity contribution in [2.75, 3.05) is 14.2 Å². The van der Waals surface area contributed by atoms with Crippen LogP contribution in [0.4, 0.5) is 13.2 Å². The Morgan fingerprint density at radius 3 is 2.59 bits per heavy atom. The molecule has 2 atom stereocenters. The maximum Gasteiger partial charge on any atom is 0.416 e. The summed E-state index contributed by atoms with van der Waals surface area (Å²) in [6.45, 7) is 0. The molecular weight excluding hydrogens is 231 g/mol. The van der Waals surface area contributed by atoms with E-state index in [9.17, 15) is 13.2 Å². The monoisotopic (exact) mass is 245 g/mol. The maximum absolute atomic E-state index is 12.6. The smallest absolute Gasteiger partial charge is 0.379 e. The lowest BCUT2D eigenvalue weighted by atomic mass is 10.0. The second-order valence-electron chi connectivity index (χ2n) is 4.16. The Morgan fingerprint density at radius 1 is 1.35 bits per heavy atom. The van der Waals surface area contributed by atoms with E-state index in [1.54, 1.807) is 20.2 Å².